The van der Waals surface area contributed by atoms with Gasteiger partial charge in [-0.15, -0.1) is 0 Å². The van der Waals surface area contributed by atoms with E-state index in [1.54, 1.807) is 0 Å². The molecule has 0 amide bonds. The highest BCUT2D eigenvalue weighted by atomic mass is 15.3. The van der Waals surface area contributed by atoms with E-state index in [0.717, 1.165) is 30.5 Å². The zero-order valence-electron chi connectivity index (χ0n) is 10.9. The van der Waals surface area contributed by atoms with Gasteiger partial charge in [-0.25, -0.2) is 4.98 Å². The van der Waals surface area contributed by atoms with Gasteiger partial charge in [0.2, 0.25) is 0 Å². The Balaban J connectivity index is 1.74. The van der Waals surface area contributed by atoms with E-state index in [0.29, 0.717) is 6.54 Å². The molecule has 98 valence electrons. The number of hydrogen-bond donors (Lipinski definition) is 1. The minimum atomic E-state index is 0.573. The van der Waals surface area contributed by atoms with Crippen LogP contribution < -0.4 is 10.6 Å². The molecule has 2 aliphatic heterocycles. The fourth-order valence-corrected chi connectivity index (χ4v) is 3.14. The summed E-state index contributed by atoms with van der Waals surface area (Å²) in [5, 5.41) is 0. The second-order valence-corrected chi connectivity index (χ2v) is 5.36. The van der Waals surface area contributed by atoms with E-state index in [1.165, 1.54) is 32.4 Å². The molecular weight excluding hydrogens is 224 g/mol. The third kappa shape index (κ3) is 2.35. The lowest BCUT2D eigenvalue weighted by Gasteiger charge is -2.26. The van der Waals surface area contributed by atoms with Gasteiger partial charge < -0.3 is 10.6 Å². The fraction of sp³-hybridized carbons (Fsp3) is 0.643. The summed E-state index contributed by atoms with van der Waals surface area (Å²) in [4.78, 5) is 9.64. The maximum atomic E-state index is 5.61. The SMILES string of the molecule is NCc1ccc(N2CCCN3CCCC3C2)nc1. The van der Waals surface area contributed by atoms with Gasteiger partial charge in [-0.1, -0.05) is 6.07 Å². The summed E-state index contributed by atoms with van der Waals surface area (Å²) in [5.41, 5.74) is 6.72. The van der Waals surface area contributed by atoms with Crippen molar-refractivity contribution in [1.82, 2.24) is 9.88 Å². The monoisotopic (exact) mass is 246 g/mol. The number of hydrogen-bond acceptors (Lipinski definition) is 4. The summed E-state index contributed by atoms with van der Waals surface area (Å²) < 4.78 is 0. The molecule has 2 fully saturated rings. The number of anilines is 1. The molecule has 0 radical (unpaired) electrons. The average molecular weight is 246 g/mol. The van der Waals surface area contributed by atoms with Crippen LogP contribution in [0.1, 0.15) is 24.8 Å². The van der Waals surface area contributed by atoms with Crippen molar-refractivity contribution in [2.45, 2.75) is 31.8 Å². The van der Waals surface area contributed by atoms with E-state index >= 15 is 0 Å². The van der Waals surface area contributed by atoms with Crippen LogP contribution >= 0.6 is 0 Å². The van der Waals surface area contributed by atoms with Crippen molar-refractivity contribution in [1.29, 1.82) is 0 Å². The van der Waals surface area contributed by atoms with Gasteiger partial charge >= 0.3 is 0 Å². The van der Waals surface area contributed by atoms with Crippen LogP contribution in [0.2, 0.25) is 0 Å². The van der Waals surface area contributed by atoms with Crippen molar-refractivity contribution < 1.29 is 0 Å². The number of rotatable bonds is 2. The van der Waals surface area contributed by atoms with Crippen molar-refractivity contribution >= 4 is 5.82 Å². The van der Waals surface area contributed by atoms with Crippen molar-refractivity contribution in [3.63, 3.8) is 0 Å². The van der Waals surface area contributed by atoms with E-state index in [2.05, 4.69) is 26.9 Å². The highest BCUT2D eigenvalue weighted by molar-refractivity contribution is 5.40. The molecule has 0 aliphatic carbocycles. The molecule has 0 bridgehead atoms. The van der Waals surface area contributed by atoms with Gasteiger partial charge in [-0.2, -0.15) is 0 Å². The number of nitrogens with zero attached hydrogens (tertiary/aromatic N) is 3. The highest BCUT2D eigenvalue weighted by Gasteiger charge is 2.28. The Morgan fingerprint density at radius 2 is 2.11 bits per heavy atom. The minimum absolute atomic E-state index is 0.573. The Bertz CT molecular complexity index is 389. The Kier molecular flexibility index (Phi) is 3.48. The van der Waals surface area contributed by atoms with E-state index in [9.17, 15) is 0 Å². The molecule has 3 heterocycles. The molecule has 4 heteroatoms. The van der Waals surface area contributed by atoms with Crippen LogP contribution in [0.15, 0.2) is 18.3 Å². The zero-order valence-corrected chi connectivity index (χ0v) is 10.9. The Morgan fingerprint density at radius 1 is 1.22 bits per heavy atom. The van der Waals surface area contributed by atoms with Crippen LogP contribution in [0.5, 0.6) is 0 Å². The molecule has 2 saturated heterocycles. The first kappa shape index (κ1) is 11.9. The quantitative estimate of drug-likeness (QED) is 0.852. The summed E-state index contributed by atoms with van der Waals surface area (Å²) >= 11 is 0. The first-order valence-corrected chi connectivity index (χ1v) is 7.01. The summed E-state index contributed by atoms with van der Waals surface area (Å²) in [6, 6.07) is 4.95. The van der Waals surface area contributed by atoms with Gasteiger partial charge in [0.05, 0.1) is 0 Å². The Hall–Kier alpha value is -1.13. The van der Waals surface area contributed by atoms with E-state index in [1.807, 2.05) is 6.20 Å². The van der Waals surface area contributed by atoms with Gasteiger partial charge in [0.1, 0.15) is 5.82 Å². The largest absolute Gasteiger partial charge is 0.355 e. The van der Waals surface area contributed by atoms with Crippen LogP contribution in [-0.2, 0) is 6.54 Å². The van der Waals surface area contributed by atoms with Crippen molar-refractivity contribution in [3.8, 4) is 0 Å². The lowest BCUT2D eigenvalue weighted by Crippen LogP contribution is -2.36. The Labute approximate surface area is 109 Å². The summed E-state index contributed by atoms with van der Waals surface area (Å²) in [5.74, 6) is 1.11. The van der Waals surface area contributed by atoms with E-state index in [4.69, 9.17) is 5.73 Å². The van der Waals surface area contributed by atoms with Crippen molar-refractivity contribution in [3.05, 3.63) is 23.9 Å². The standard InChI is InChI=1S/C14H22N4/c15-9-12-4-5-14(16-10-12)18-8-2-7-17-6-1-3-13(17)11-18/h4-5,10,13H,1-3,6-9,11,15H2. The van der Waals surface area contributed by atoms with Gasteiger partial charge in [-0.3, -0.25) is 4.90 Å². The molecule has 0 aromatic carbocycles. The van der Waals surface area contributed by atoms with Crippen molar-refractivity contribution in [2.24, 2.45) is 5.73 Å². The van der Waals surface area contributed by atoms with Crippen molar-refractivity contribution in [2.75, 3.05) is 31.1 Å². The molecule has 1 aromatic heterocycles. The van der Waals surface area contributed by atoms with Crippen LogP contribution in [0.4, 0.5) is 5.82 Å². The Morgan fingerprint density at radius 3 is 2.89 bits per heavy atom. The second-order valence-electron chi connectivity index (χ2n) is 5.36. The van der Waals surface area contributed by atoms with Gasteiger partial charge in [0.25, 0.3) is 0 Å². The smallest absolute Gasteiger partial charge is 0.128 e. The van der Waals surface area contributed by atoms with Crippen LogP contribution in [-0.4, -0.2) is 42.1 Å². The summed E-state index contributed by atoms with van der Waals surface area (Å²) in [7, 11) is 0. The number of pyridine rings is 1. The molecule has 1 atom stereocenters. The molecule has 1 unspecified atom stereocenters. The number of fused-ring (bicyclic) bond motifs is 1. The summed E-state index contributed by atoms with van der Waals surface area (Å²) in [6.07, 6.45) is 5.86. The third-order valence-corrected chi connectivity index (χ3v) is 4.17. The topological polar surface area (TPSA) is 45.4 Å². The van der Waals surface area contributed by atoms with Gasteiger partial charge in [-0.05, 0) is 37.4 Å². The normalized spacial score (nSPS) is 24.9. The van der Waals surface area contributed by atoms with E-state index in [-0.39, 0.29) is 0 Å². The predicted octanol–water partition coefficient (Wildman–Crippen LogP) is 1.21. The summed E-state index contributed by atoms with van der Waals surface area (Å²) in [6.45, 7) is 5.38. The molecular formula is C14H22N4. The highest BCUT2D eigenvalue weighted by Crippen LogP contribution is 2.23. The maximum Gasteiger partial charge on any atom is 0.128 e. The molecule has 2 aliphatic rings. The molecule has 2 N–H and O–H groups in total. The lowest BCUT2D eigenvalue weighted by atomic mass is 10.2. The first-order chi connectivity index (χ1) is 8.86. The minimum Gasteiger partial charge on any atom is -0.355 e. The molecule has 0 spiro atoms. The molecule has 1 aromatic rings. The van der Waals surface area contributed by atoms with Crippen LogP contribution in [0.25, 0.3) is 0 Å². The number of aromatic nitrogens is 1. The van der Waals surface area contributed by atoms with Crippen LogP contribution in [0, 0.1) is 0 Å². The van der Waals surface area contributed by atoms with Gasteiger partial charge in [0.15, 0.2) is 0 Å². The fourth-order valence-electron chi connectivity index (χ4n) is 3.14. The maximum absolute atomic E-state index is 5.61. The van der Waals surface area contributed by atoms with E-state index < -0.39 is 0 Å². The third-order valence-electron chi connectivity index (χ3n) is 4.17. The zero-order chi connectivity index (χ0) is 12.4. The average Bonchev–Trinajstić information content (AvgIpc) is 2.76. The lowest BCUT2D eigenvalue weighted by molar-refractivity contribution is 0.273. The molecule has 18 heavy (non-hydrogen) atoms. The second kappa shape index (κ2) is 5.24. The van der Waals surface area contributed by atoms with Crippen LogP contribution in [0.3, 0.4) is 0 Å². The predicted molar refractivity (Wildman–Crippen MR) is 73.6 cm³/mol. The number of nitrogens with two attached hydrogens (primary N) is 1. The van der Waals surface area contributed by atoms with Gasteiger partial charge in [0, 0.05) is 38.4 Å². The molecule has 4 nitrogen and oxygen atoms in total. The molecule has 3 rings (SSSR count). The molecule has 0 saturated carbocycles. The first-order valence-electron chi connectivity index (χ1n) is 7.01.